The first-order valence-electron chi connectivity index (χ1n) is 8.56. The molecule has 0 bridgehead atoms. The highest BCUT2D eigenvalue weighted by Gasteiger charge is 2.47. The Hall–Kier alpha value is -2.96. The molecule has 26 heavy (non-hydrogen) atoms. The zero-order valence-electron chi connectivity index (χ0n) is 14.2. The molecule has 0 unspecified atom stereocenters. The molecule has 4 rings (SSSR count). The largest absolute Gasteiger partial charge is 0.351 e. The van der Waals surface area contributed by atoms with Crippen LogP contribution in [-0.2, 0) is 5.41 Å². The third-order valence-corrected chi connectivity index (χ3v) is 5.47. The number of benzene rings is 1. The van der Waals surface area contributed by atoms with Crippen LogP contribution in [0.5, 0.6) is 0 Å². The van der Waals surface area contributed by atoms with Gasteiger partial charge in [-0.15, -0.1) is 0 Å². The van der Waals surface area contributed by atoms with E-state index in [0.717, 1.165) is 11.3 Å². The molecule has 134 valence electrons. The monoisotopic (exact) mass is 354 g/mol. The number of hydrogen-bond acceptors (Lipinski definition) is 3. The normalized spacial score (nSPS) is 18.0. The molecule has 0 aliphatic carbocycles. The number of rotatable bonds is 1. The van der Waals surface area contributed by atoms with Gasteiger partial charge in [-0.3, -0.25) is 9.78 Å². The van der Waals surface area contributed by atoms with Gasteiger partial charge in [0.15, 0.2) is 0 Å². The number of halogens is 1. The van der Waals surface area contributed by atoms with Crippen LogP contribution in [0.2, 0.25) is 0 Å². The van der Waals surface area contributed by atoms with Crippen molar-refractivity contribution >= 4 is 17.6 Å². The van der Waals surface area contributed by atoms with Crippen LogP contribution in [0.3, 0.4) is 0 Å². The van der Waals surface area contributed by atoms with Crippen molar-refractivity contribution in [1.29, 1.82) is 0 Å². The Morgan fingerprint density at radius 2 is 1.96 bits per heavy atom. The van der Waals surface area contributed by atoms with Crippen LogP contribution in [0.15, 0.2) is 42.7 Å². The number of pyridine rings is 1. The molecular formula is C19H19FN4O2. The number of likely N-dealkylation sites (tertiary alicyclic amines) is 1. The molecule has 2 N–H and O–H groups in total. The summed E-state index contributed by atoms with van der Waals surface area (Å²) in [5.41, 5.74) is 7.08. The average Bonchev–Trinajstić information content (AvgIpc) is 2.96. The van der Waals surface area contributed by atoms with Gasteiger partial charge in [0.1, 0.15) is 5.82 Å². The van der Waals surface area contributed by atoms with Gasteiger partial charge in [0.05, 0.1) is 5.56 Å². The number of nitrogens with two attached hydrogens (primary N) is 1. The highest BCUT2D eigenvalue weighted by Crippen LogP contribution is 2.47. The second-order valence-corrected chi connectivity index (χ2v) is 6.90. The first kappa shape index (κ1) is 16.5. The second kappa shape index (κ2) is 6.09. The summed E-state index contributed by atoms with van der Waals surface area (Å²) < 4.78 is 14.0. The highest BCUT2D eigenvalue weighted by molar-refractivity contribution is 6.07. The maximum Gasteiger partial charge on any atom is 0.314 e. The summed E-state index contributed by atoms with van der Waals surface area (Å²) in [6, 6.07) is 7.55. The van der Waals surface area contributed by atoms with Gasteiger partial charge in [-0.25, -0.2) is 9.18 Å². The minimum absolute atomic E-state index is 0.153. The lowest BCUT2D eigenvalue weighted by Gasteiger charge is -2.39. The van der Waals surface area contributed by atoms with E-state index in [1.54, 1.807) is 34.2 Å². The maximum absolute atomic E-state index is 14.0. The Bertz CT molecular complexity index is 863. The second-order valence-electron chi connectivity index (χ2n) is 6.90. The number of anilines is 1. The quantitative estimate of drug-likeness (QED) is 0.853. The molecule has 7 heteroatoms. The van der Waals surface area contributed by atoms with E-state index in [2.05, 4.69) is 4.98 Å². The summed E-state index contributed by atoms with van der Waals surface area (Å²) in [4.78, 5) is 31.7. The molecule has 2 aromatic rings. The topological polar surface area (TPSA) is 79.5 Å². The van der Waals surface area contributed by atoms with E-state index in [1.807, 2.05) is 0 Å². The molecule has 0 saturated carbocycles. The van der Waals surface area contributed by atoms with Crippen molar-refractivity contribution in [3.63, 3.8) is 0 Å². The van der Waals surface area contributed by atoms with Gasteiger partial charge >= 0.3 is 6.03 Å². The van der Waals surface area contributed by atoms with Crippen LogP contribution in [0, 0.1) is 5.82 Å². The summed E-state index contributed by atoms with van der Waals surface area (Å²) in [7, 11) is 0. The fourth-order valence-electron chi connectivity index (χ4n) is 4.05. The van der Waals surface area contributed by atoms with E-state index in [4.69, 9.17) is 5.73 Å². The number of hydrogen-bond donors (Lipinski definition) is 1. The van der Waals surface area contributed by atoms with E-state index in [0.29, 0.717) is 38.0 Å². The molecule has 0 atom stereocenters. The summed E-state index contributed by atoms with van der Waals surface area (Å²) in [5, 5.41) is 0. The fraction of sp³-hybridized carbons (Fsp3) is 0.316. The zero-order chi connectivity index (χ0) is 18.3. The van der Waals surface area contributed by atoms with E-state index in [1.165, 1.54) is 18.3 Å². The molecule has 2 aliphatic heterocycles. The lowest BCUT2D eigenvalue weighted by atomic mass is 9.74. The lowest BCUT2D eigenvalue weighted by molar-refractivity contribution is 0.0978. The number of fused-ring (bicyclic) bond motifs is 2. The van der Waals surface area contributed by atoms with Crippen LogP contribution >= 0.6 is 0 Å². The van der Waals surface area contributed by atoms with Crippen LogP contribution in [0.25, 0.3) is 0 Å². The number of carbonyl (C=O) groups is 2. The zero-order valence-corrected chi connectivity index (χ0v) is 14.2. The Balaban J connectivity index is 1.70. The highest BCUT2D eigenvalue weighted by atomic mass is 19.1. The number of nitrogens with zero attached hydrogens (tertiary/aromatic N) is 3. The molecule has 1 aromatic carbocycles. The maximum atomic E-state index is 14.0. The van der Waals surface area contributed by atoms with Gasteiger partial charge in [0.2, 0.25) is 0 Å². The summed E-state index contributed by atoms with van der Waals surface area (Å²) in [5.74, 6) is -0.476. The van der Waals surface area contributed by atoms with Gasteiger partial charge in [-0.2, -0.15) is 0 Å². The van der Waals surface area contributed by atoms with Crippen molar-refractivity contribution in [2.24, 2.45) is 5.73 Å². The minimum atomic E-state index is -0.444. The van der Waals surface area contributed by atoms with Crippen molar-refractivity contribution < 1.29 is 14.0 Å². The number of piperidine rings is 1. The Kier molecular flexibility index (Phi) is 3.86. The molecule has 2 aliphatic rings. The predicted octanol–water partition coefficient (Wildman–Crippen LogP) is 2.29. The Morgan fingerprint density at radius 1 is 1.19 bits per heavy atom. The summed E-state index contributed by atoms with van der Waals surface area (Å²) in [6.07, 6.45) is 4.43. The molecule has 1 spiro atoms. The van der Waals surface area contributed by atoms with E-state index >= 15 is 0 Å². The third kappa shape index (κ3) is 2.60. The van der Waals surface area contributed by atoms with Crippen molar-refractivity contribution in [1.82, 2.24) is 9.88 Å². The van der Waals surface area contributed by atoms with Crippen LogP contribution in [0.1, 0.15) is 28.8 Å². The molecule has 1 aromatic heterocycles. The number of amides is 3. The van der Waals surface area contributed by atoms with Crippen molar-refractivity contribution in [2.45, 2.75) is 18.3 Å². The van der Waals surface area contributed by atoms with Gasteiger partial charge < -0.3 is 15.5 Å². The van der Waals surface area contributed by atoms with Crippen LogP contribution < -0.4 is 10.6 Å². The van der Waals surface area contributed by atoms with E-state index in [-0.39, 0.29) is 17.1 Å². The summed E-state index contributed by atoms with van der Waals surface area (Å²) >= 11 is 0. The number of carbonyl (C=O) groups excluding carboxylic acids is 2. The first-order valence-corrected chi connectivity index (χ1v) is 8.56. The molecule has 1 saturated heterocycles. The summed E-state index contributed by atoms with van der Waals surface area (Å²) in [6.45, 7) is 1.46. The Labute approximate surface area is 150 Å². The van der Waals surface area contributed by atoms with Gasteiger partial charge in [-0.1, -0.05) is 0 Å². The molecule has 3 amide bonds. The van der Waals surface area contributed by atoms with Crippen molar-refractivity contribution in [3.05, 3.63) is 59.7 Å². The van der Waals surface area contributed by atoms with E-state index in [9.17, 15) is 14.0 Å². The number of urea groups is 1. The fourth-order valence-corrected chi connectivity index (χ4v) is 4.05. The molecule has 1 fully saturated rings. The lowest BCUT2D eigenvalue weighted by Crippen LogP contribution is -2.49. The SMILES string of the molecule is NC(=O)N1CCC2(CC1)CN(C(=O)c1cccnc1)c1ccc(F)cc12. The number of aromatic nitrogens is 1. The van der Waals surface area contributed by atoms with Gasteiger partial charge in [-0.05, 0) is 48.7 Å². The van der Waals surface area contributed by atoms with Gasteiger partial charge in [0.25, 0.3) is 5.91 Å². The Morgan fingerprint density at radius 3 is 2.62 bits per heavy atom. The van der Waals surface area contributed by atoms with Crippen LogP contribution in [-0.4, -0.2) is 41.5 Å². The molecule has 0 radical (unpaired) electrons. The minimum Gasteiger partial charge on any atom is -0.351 e. The molecule has 3 heterocycles. The third-order valence-electron chi connectivity index (χ3n) is 5.47. The smallest absolute Gasteiger partial charge is 0.314 e. The predicted molar refractivity (Wildman–Crippen MR) is 94.4 cm³/mol. The van der Waals surface area contributed by atoms with Crippen LogP contribution in [0.4, 0.5) is 14.9 Å². The standard InChI is InChI=1S/C19H19FN4O2/c20-14-3-4-16-15(10-14)19(5-8-23(9-6-19)18(21)26)12-24(16)17(25)13-2-1-7-22-11-13/h1-4,7,10-11H,5-6,8-9,12H2,(H2,21,26). The van der Waals surface area contributed by atoms with E-state index < -0.39 is 6.03 Å². The number of primary amides is 1. The van der Waals surface area contributed by atoms with Crippen molar-refractivity contribution in [2.75, 3.05) is 24.5 Å². The molecule has 6 nitrogen and oxygen atoms in total. The molecular weight excluding hydrogens is 335 g/mol. The first-order chi connectivity index (χ1) is 12.5. The average molecular weight is 354 g/mol. The van der Waals surface area contributed by atoms with Gasteiger partial charge in [0, 0.05) is 43.1 Å². The van der Waals surface area contributed by atoms with Crippen molar-refractivity contribution in [3.8, 4) is 0 Å².